The van der Waals surface area contributed by atoms with Crippen molar-refractivity contribution in [2.75, 3.05) is 12.8 Å². The summed E-state index contributed by atoms with van der Waals surface area (Å²) < 4.78 is 10.0. The highest BCUT2D eigenvalue weighted by atomic mass is 32.1. The smallest absolute Gasteiger partial charge is 0.268 e. The molecule has 0 fully saturated rings. The van der Waals surface area contributed by atoms with Crippen molar-refractivity contribution < 1.29 is 9.26 Å². The maximum Gasteiger partial charge on any atom is 0.268 e. The number of thiophene rings is 1. The highest BCUT2D eigenvalue weighted by Gasteiger charge is 2.13. The van der Waals surface area contributed by atoms with Crippen molar-refractivity contribution in [3.63, 3.8) is 0 Å². The average Bonchev–Trinajstić information content (AvgIpc) is 2.73. The Balaban J connectivity index is 2.32. The molecular weight excluding hydrogens is 214 g/mol. The summed E-state index contributed by atoms with van der Waals surface area (Å²) in [5, 5.41) is 4.53. The van der Waals surface area contributed by atoms with Crippen LogP contribution in [0.25, 0.3) is 10.8 Å². The minimum Gasteiger partial charge on any atom is -0.391 e. The number of hydrogen-bond donors (Lipinski definition) is 1. The molecule has 5 nitrogen and oxygen atoms in total. The monoisotopic (exact) mass is 225 g/mol. The van der Waals surface area contributed by atoms with Crippen molar-refractivity contribution in [3.8, 4) is 10.8 Å². The molecule has 2 aromatic rings. The molecule has 2 rings (SSSR count). The van der Waals surface area contributed by atoms with Crippen LogP contribution in [0.4, 0.5) is 5.00 Å². The van der Waals surface area contributed by atoms with Crippen LogP contribution in [0.15, 0.2) is 10.6 Å². The molecule has 0 amide bonds. The second-order valence-corrected chi connectivity index (χ2v) is 4.19. The van der Waals surface area contributed by atoms with Gasteiger partial charge >= 0.3 is 0 Å². The van der Waals surface area contributed by atoms with E-state index in [2.05, 4.69) is 10.1 Å². The van der Waals surface area contributed by atoms with E-state index in [1.807, 2.05) is 13.0 Å². The van der Waals surface area contributed by atoms with Gasteiger partial charge in [0.2, 0.25) is 0 Å². The molecule has 0 unspecified atom stereocenters. The van der Waals surface area contributed by atoms with Crippen LogP contribution in [0.1, 0.15) is 11.4 Å². The number of anilines is 1. The second kappa shape index (κ2) is 4.00. The molecule has 2 N–H and O–H groups in total. The summed E-state index contributed by atoms with van der Waals surface area (Å²) >= 11 is 1.44. The van der Waals surface area contributed by atoms with E-state index in [0.717, 1.165) is 15.4 Å². The van der Waals surface area contributed by atoms with Crippen LogP contribution in [0.3, 0.4) is 0 Å². The van der Waals surface area contributed by atoms with Gasteiger partial charge in [0, 0.05) is 7.11 Å². The lowest BCUT2D eigenvalue weighted by Crippen LogP contribution is -1.89. The highest BCUT2D eigenvalue weighted by molar-refractivity contribution is 7.19. The molecule has 80 valence electrons. The summed E-state index contributed by atoms with van der Waals surface area (Å²) in [6, 6.07) is 1.89. The molecule has 15 heavy (non-hydrogen) atoms. The lowest BCUT2D eigenvalue weighted by atomic mass is 10.3. The molecule has 0 aliphatic carbocycles. The zero-order valence-corrected chi connectivity index (χ0v) is 9.30. The maximum absolute atomic E-state index is 5.69. The van der Waals surface area contributed by atoms with Gasteiger partial charge in [-0.25, -0.2) is 0 Å². The fourth-order valence-electron chi connectivity index (χ4n) is 1.25. The highest BCUT2D eigenvalue weighted by Crippen LogP contribution is 2.32. The van der Waals surface area contributed by atoms with Gasteiger partial charge in [0.25, 0.3) is 5.89 Å². The molecule has 0 saturated carbocycles. The van der Waals surface area contributed by atoms with Crippen LogP contribution in [0.5, 0.6) is 0 Å². The Kier molecular flexibility index (Phi) is 2.70. The number of aromatic nitrogens is 2. The van der Waals surface area contributed by atoms with Crippen molar-refractivity contribution in [1.82, 2.24) is 10.1 Å². The molecule has 0 atom stereocenters. The third-order valence-electron chi connectivity index (χ3n) is 1.87. The number of nitrogen functional groups attached to an aromatic ring is 1. The first-order valence-corrected chi connectivity index (χ1v) is 5.20. The van der Waals surface area contributed by atoms with E-state index < -0.39 is 0 Å². The summed E-state index contributed by atoms with van der Waals surface area (Å²) in [5.41, 5.74) is 6.73. The van der Waals surface area contributed by atoms with Crippen LogP contribution in [-0.2, 0) is 11.3 Å². The third-order valence-corrected chi connectivity index (χ3v) is 2.93. The van der Waals surface area contributed by atoms with E-state index in [-0.39, 0.29) is 0 Å². The van der Waals surface area contributed by atoms with Crippen LogP contribution in [0, 0.1) is 6.92 Å². The third kappa shape index (κ3) is 2.00. The topological polar surface area (TPSA) is 74.2 Å². The number of ether oxygens (including phenoxy) is 1. The lowest BCUT2D eigenvalue weighted by Gasteiger charge is -1.89. The quantitative estimate of drug-likeness (QED) is 0.862. The van der Waals surface area contributed by atoms with Gasteiger partial charge in [-0.2, -0.15) is 4.98 Å². The Morgan fingerprint density at radius 1 is 1.60 bits per heavy atom. The van der Waals surface area contributed by atoms with Crippen LogP contribution in [-0.4, -0.2) is 17.3 Å². The fraction of sp³-hybridized carbons (Fsp3) is 0.333. The first kappa shape index (κ1) is 10.1. The zero-order valence-electron chi connectivity index (χ0n) is 8.48. The molecular formula is C9H11N3O2S. The first-order valence-electron chi connectivity index (χ1n) is 4.38. The number of methoxy groups -OCH3 is 1. The second-order valence-electron chi connectivity index (χ2n) is 3.11. The van der Waals surface area contributed by atoms with Crippen LogP contribution >= 0.6 is 11.3 Å². The zero-order chi connectivity index (χ0) is 10.8. The van der Waals surface area contributed by atoms with Gasteiger partial charge in [-0.3, -0.25) is 0 Å². The molecule has 0 spiro atoms. The van der Waals surface area contributed by atoms with Crippen molar-refractivity contribution in [1.29, 1.82) is 0 Å². The standard InChI is InChI=1S/C9H11N3O2S/c1-5-3-6(10)15-8(5)9-11-7(4-13-2)12-14-9/h3H,4,10H2,1-2H3. The van der Waals surface area contributed by atoms with Crippen LogP contribution < -0.4 is 5.73 Å². The van der Waals surface area contributed by atoms with E-state index in [4.69, 9.17) is 15.0 Å². The predicted molar refractivity (Wildman–Crippen MR) is 57.5 cm³/mol. The minimum atomic E-state index is 0.351. The van der Waals surface area contributed by atoms with E-state index in [1.165, 1.54) is 11.3 Å². The van der Waals surface area contributed by atoms with E-state index in [0.29, 0.717) is 18.3 Å². The largest absolute Gasteiger partial charge is 0.391 e. The normalized spacial score (nSPS) is 10.8. The van der Waals surface area contributed by atoms with Gasteiger partial charge in [-0.1, -0.05) is 5.16 Å². The first-order chi connectivity index (χ1) is 7.20. The SMILES string of the molecule is COCc1noc(-c2sc(N)cc2C)n1. The number of nitrogens with zero attached hydrogens (tertiary/aromatic N) is 2. The van der Waals surface area contributed by atoms with Gasteiger partial charge in [-0.05, 0) is 18.6 Å². The number of rotatable bonds is 3. The molecule has 0 radical (unpaired) electrons. The van der Waals surface area contributed by atoms with Gasteiger partial charge in [-0.15, -0.1) is 11.3 Å². The van der Waals surface area contributed by atoms with E-state index in [9.17, 15) is 0 Å². The van der Waals surface area contributed by atoms with Gasteiger partial charge in [0.05, 0.1) is 9.88 Å². The van der Waals surface area contributed by atoms with E-state index >= 15 is 0 Å². The number of hydrogen-bond acceptors (Lipinski definition) is 6. The summed E-state index contributed by atoms with van der Waals surface area (Å²) in [4.78, 5) is 5.12. The van der Waals surface area contributed by atoms with Gasteiger partial charge in [0.15, 0.2) is 5.82 Å². The van der Waals surface area contributed by atoms with Crippen molar-refractivity contribution in [2.45, 2.75) is 13.5 Å². The Morgan fingerprint density at radius 2 is 2.40 bits per heavy atom. The Bertz CT molecular complexity index is 464. The molecule has 0 aromatic carbocycles. The summed E-state index contributed by atoms with van der Waals surface area (Å²) in [5.74, 6) is 1.04. The Hall–Kier alpha value is -1.40. The molecule has 0 aliphatic rings. The van der Waals surface area contributed by atoms with Crippen molar-refractivity contribution >= 4 is 16.3 Å². The fourth-order valence-corrected chi connectivity index (χ4v) is 2.11. The number of aryl methyl sites for hydroxylation is 1. The molecule has 2 aromatic heterocycles. The molecule has 2 heterocycles. The minimum absolute atomic E-state index is 0.351. The van der Waals surface area contributed by atoms with Gasteiger partial charge in [0.1, 0.15) is 6.61 Å². The lowest BCUT2D eigenvalue weighted by molar-refractivity contribution is 0.174. The van der Waals surface area contributed by atoms with Crippen LogP contribution in [0.2, 0.25) is 0 Å². The average molecular weight is 225 g/mol. The van der Waals surface area contributed by atoms with Gasteiger partial charge < -0.3 is 15.0 Å². The summed E-state index contributed by atoms with van der Waals surface area (Å²) in [6.45, 7) is 2.31. The predicted octanol–water partition coefficient (Wildman–Crippen LogP) is 1.84. The molecule has 0 aliphatic heterocycles. The molecule has 0 saturated heterocycles. The van der Waals surface area contributed by atoms with E-state index in [1.54, 1.807) is 7.11 Å². The van der Waals surface area contributed by atoms with Crippen molar-refractivity contribution in [3.05, 3.63) is 17.5 Å². The maximum atomic E-state index is 5.69. The number of nitrogens with two attached hydrogens (primary N) is 1. The Labute approximate surface area is 90.9 Å². The van der Waals surface area contributed by atoms with Crippen molar-refractivity contribution in [2.24, 2.45) is 0 Å². The summed E-state index contributed by atoms with van der Waals surface area (Å²) in [7, 11) is 1.59. The Morgan fingerprint density at radius 3 is 3.00 bits per heavy atom. The molecule has 0 bridgehead atoms. The molecule has 6 heteroatoms. The summed E-state index contributed by atoms with van der Waals surface area (Å²) in [6.07, 6.45) is 0.